The van der Waals surface area contributed by atoms with Gasteiger partial charge in [0, 0.05) is 19.5 Å². The number of urea groups is 1. The van der Waals surface area contributed by atoms with E-state index in [1.54, 1.807) is 6.26 Å². The number of furan rings is 1. The zero-order chi connectivity index (χ0) is 14.0. The summed E-state index contributed by atoms with van der Waals surface area (Å²) in [5.41, 5.74) is 1.30. The summed E-state index contributed by atoms with van der Waals surface area (Å²) in [5, 5.41) is 5.66. The van der Waals surface area contributed by atoms with E-state index in [1.807, 2.05) is 30.3 Å². The van der Waals surface area contributed by atoms with Gasteiger partial charge in [0.15, 0.2) is 0 Å². The highest BCUT2D eigenvalue weighted by Gasteiger charge is 2.00. The summed E-state index contributed by atoms with van der Waals surface area (Å²) in [7, 11) is 0. The second-order valence-electron chi connectivity index (χ2n) is 4.60. The first-order valence-corrected chi connectivity index (χ1v) is 6.92. The highest BCUT2D eigenvalue weighted by molar-refractivity contribution is 5.73. The Morgan fingerprint density at radius 2 is 1.75 bits per heavy atom. The third-order valence-electron chi connectivity index (χ3n) is 3.01. The quantitative estimate of drug-likeness (QED) is 0.761. The van der Waals surface area contributed by atoms with Crippen molar-refractivity contribution >= 4 is 6.03 Å². The van der Waals surface area contributed by atoms with Gasteiger partial charge in [-0.1, -0.05) is 30.3 Å². The molecule has 1 heterocycles. The van der Waals surface area contributed by atoms with E-state index in [2.05, 4.69) is 22.8 Å². The van der Waals surface area contributed by atoms with E-state index < -0.39 is 0 Å². The number of nitrogens with one attached hydrogen (secondary N) is 2. The fourth-order valence-corrected chi connectivity index (χ4v) is 1.96. The van der Waals surface area contributed by atoms with Gasteiger partial charge in [0.05, 0.1) is 6.26 Å². The van der Waals surface area contributed by atoms with Gasteiger partial charge >= 0.3 is 6.03 Å². The van der Waals surface area contributed by atoms with E-state index in [4.69, 9.17) is 4.42 Å². The molecule has 0 aliphatic heterocycles. The normalized spacial score (nSPS) is 10.2. The van der Waals surface area contributed by atoms with Gasteiger partial charge in [-0.3, -0.25) is 0 Å². The number of hydrogen-bond donors (Lipinski definition) is 2. The van der Waals surface area contributed by atoms with Crippen molar-refractivity contribution in [2.75, 3.05) is 13.1 Å². The Bertz CT molecular complexity index is 494. The van der Waals surface area contributed by atoms with Crippen molar-refractivity contribution in [1.82, 2.24) is 10.6 Å². The summed E-state index contributed by atoms with van der Waals surface area (Å²) < 4.78 is 5.19. The lowest BCUT2D eigenvalue weighted by Gasteiger charge is -2.07. The lowest BCUT2D eigenvalue weighted by molar-refractivity contribution is 0.240. The summed E-state index contributed by atoms with van der Waals surface area (Å²) in [4.78, 5) is 11.5. The van der Waals surface area contributed by atoms with Gasteiger partial charge < -0.3 is 15.1 Å². The topological polar surface area (TPSA) is 54.3 Å². The largest absolute Gasteiger partial charge is 0.469 e. The van der Waals surface area contributed by atoms with Gasteiger partial charge in [-0.05, 0) is 30.5 Å². The average molecular weight is 272 g/mol. The predicted molar refractivity (Wildman–Crippen MR) is 78.6 cm³/mol. The van der Waals surface area contributed by atoms with Crippen LogP contribution in [-0.2, 0) is 12.8 Å². The first-order chi connectivity index (χ1) is 9.84. The van der Waals surface area contributed by atoms with Crippen LogP contribution in [0.25, 0.3) is 0 Å². The van der Waals surface area contributed by atoms with Gasteiger partial charge in [0.25, 0.3) is 0 Å². The van der Waals surface area contributed by atoms with Crippen LogP contribution in [0.15, 0.2) is 53.1 Å². The summed E-state index contributed by atoms with van der Waals surface area (Å²) in [6, 6.07) is 13.9. The maximum absolute atomic E-state index is 11.5. The van der Waals surface area contributed by atoms with Crippen molar-refractivity contribution in [3.8, 4) is 0 Å². The van der Waals surface area contributed by atoms with Crippen LogP contribution in [0.4, 0.5) is 4.79 Å². The smallest absolute Gasteiger partial charge is 0.314 e. The molecular weight excluding hydrogens is 252 g/mol. The first kappa shape index (κ1) is 14.2. The molecule has 0 atom stereocenters. The molecule has 2 aromatic rings. The van der Waals surface area contributed by atoms with Crippen LogP contribution in [0.2, 0.25) is 0 Å². The molecule has 0 fully saturated rings. The zero-order valence-corrected chi connectivity index (χ0v) is 11.5. The Morgan fingerprint density at radius 3 is 2.50 bits per heavy atom. The van der Waals surface area contributed by atoms with Crippen LogP contribution in [0.5, 0.6) is 0 Å². The number of carbonyl (C=O) groups excluding carboxylic acids is 1. The number of rotatable bonds is 7. The molecule has 106 valence electrons. The van der Waals surface area contributed by atoms with Gasteiger partial charge in [-0.25, -0.2) is 4.79 Å². The Hall–Kier alpha value is -2.23. The van der Waals surface area contributed by atoms with Crippen LogP contribution in [0, 0.1) is 0 Å². The van der Waals surface area contributed by atoms with Gasteiger partial charge in [-0.2, -0.15) is 0 Å². The van der Waals surface area contributed by atoms with Crippen LogP contribution in [0.1, 0.15) is 17.7 Å². The molecule has 0 radical (unpaired) electrons. The second kappa shape index (κ2) is 8.04. The maximum atomic E-state index is 11.5. The number of benzene rings is 1. The molecule has 0 bridgehead atoms. The number of aryl methyl sites for hydroxylation is 1. The molecule has 4 heteroatoms. The highest BCUT2D eigenvalue weighted by Crippen LogP contribution is 2.01. The van der Waals surface area contributed by atoms with Crippen molar-refractivity contribution in [2.24, 2.45) is 0 Å². The molecule has 2 amide bonds. The molecule has 1 aromatic carbocycles. The third-order valence-corrected chi connectivity index (χ3v) is 3.01. The van der Waals surface area contributed by atoms with E-state index in [0.717, 1.165) is 18.6 Å². The number of carbonyl (C=O) groups is 1. The molecule has 2 rings (SSSR count). The zero-order valence-electron chi connectivity index (χ0n) is 11.5. The Morgan fingerprint density at radius 1 is 0.950 bits per heavy atom. The molecule has 20 heavy (non-hydrogen) atoms. The molecule has 2 N–H and O–H groups in total. The molecule has 4 nitrogen and oxygen atoms in total. The summed E-state index contributed by atoms with van der Waals surface area (Å²) in [6.07, 6.45) is 4.27. The van der Waals surface area contributed by atoms with Gasteiger partial charge in [0.2, 0.25) is 0 Å². The molecular formula is C16H20N2O2. The lowest BCUT2D eigenvalue weighted by atomic mass is 10.1. The number of amides is 2. The third kappa shape index (κ3) is 5.18. The SMILES string of the molecule is O=C(NCCCc1ccccc1)NCCc1ccco1. The minimum absolute atomic E-state index is 0.121. The molecule has 0 saturated heterocycles. The van der Waals surface area contributed by atoms with Crippen molar-refractivity contribution < 1.29 is 9.21 Å². The van der Waals surface area contributed by atoms with Gasteiger partial charge in [0.1, 0.15) is 5.76 Å². The van der Waals surface area contributed by atoms with E-state index >= 15 is 0 Å². The van der Waals surface area contributed by atoms with E-state index in [-0.39, 0.29) is 6.03 Å². The Kier molecular flexibility index (Phi) is 5.71. The van der Waals surface area contributed by atoms with Crippen LogP contribution in [-0.4, -0.2) is 19.1 Å². The van der Waals surface area contributed by atoms with Crippen LogP contribution < -0.4 is 10.6 Å². The maximum Gasteiger partial charge on any atom is 0.314 e. The molecule has 0 aliphatic rings. The van der Waals surface area contributed by atoms with Crippen molar-refractivity contribution in [3.05, 3.63) is 60.1 Å². The predicted octanol–water partition coefficient (Wildman–Crippen LogP) is 2.75. The molecule has 0 aliphatic carbocycles. The first-order valence-electron chi connectivity index (χ1n) is 6.92. The monoisotopic (exact) mass is 272 g/mol. The molecule has 1 aromatic heterocycles. The summed E-state index contributed by atoms with van der Waals surface area (Å²) in [5.74, 6) is 0.884. The fraction of sp³-hybridized carbons (Fsp3) is 0.312. The minimum atomic E-state index is -0.121. The minimum Gasteiger partial charge on any atom is -0.469 e. The van der Waals surface area contributed by atoms with Crippen molar-refractivity contribution in [3.63, 3.8) is 0 Å². The van der Waals surface area contributed by atoms with Crippen LogP contribution >= 0.6 is 0 Å². The Labute approximate surface area is 119 Å². The van der Waals surface area contributed by atoms with Crippen LogP contribution in [0.3, 0.4) is 0 Å². The molecule has 0 saturated carbocycles. The number of hydrogen-bond acceptors (Lipinski definition) is 2. The second-order valence-corrected chi connectivity index (χ2v) is 4.60. The van der Waals surface area contributed by atoms with E-state index in [1.165, 1.54) is 5.56 Å². The average Bonchev–Trinajstić information content (AvgIpc) is 2.98. The van der Waals surface area contributed by atoms with E-state index in [0.29, 0.717) is 19.5 Å². The molecule has 0 spiro atoms. The van der Waals surface area contributed by atoms with E-state index in [9.17, 15) is 4.79 Å². The highest BCUT2D eigenvalue weighted by atomic mass is 16.3. The molecule has 0 unspecified atom stereocenters. The standard InChI is InChI=1S/C16H20N2O2/c19-16(18-12-10-15-9-5-13-20-15)17-11-4-8-14-6-2-1-3-7-14/h1-3,5-7,9,13H,4,8,10-12H2,(H2,17,18,19). The summed E-state index contributed by atoms with van der Waals surface area (Å²) in [6.45, 7) is 1.26. The van der Waals surface area contributed by atoms with Gasteiger partial charge in [-0.15, -0.1) is 0 Å². The Balaban J connectivity index is 1.52. The fourth-order valence-electron chi connectivity index (χ4n) is 1.96. The summed E-state index contributed by atoms with van der Waals surface area (Å²) >= 11 is 0. The van der Waals surface area contributed by atoms with Crippen molar-refractivity contribution in [2.45, 2.75) is 19.3 Å². The lowest BCUT2D eigenvalue weighted by Crippen LogP contribution is -2.37. The van der Waals surface area contributed by atoms with Crippen molar-refractivity contribution in [1.29, 1.82) is 0 Å².